The molecular weight excluding hydrogens is 330 g/mol. The zero-order valence-electron chi connectivity index (χ0n) is 11.0. The summed E-state index contributed by atoms with van der Waals surface area (Å²) in [5.41, 5.74) is -3.18. The van der Waals surface area contributed by atoms with Crippen molar-refractivity contribution in [2.24, 2.45) is 5.41 Å². The van der Waals surface area contributed by atoms with Crippen LogP contribution in [0.2, 0.25) is 5.02 Å². The number of alkyl halides is 3. The van der Waals surface area contributed by atoms with Gasteiger partial charge in [0.1, 0.15) is 5.82 Å². The third kappa shape index (κ3) is 2.63. The zero-order valence-corrected chi connectivity index (χ0v) is 11.7. The summed E-state index contributed by atoms with van der Waals surface area (Å²) in [4.78, 5) is 23.9. The molecule has 0 aromatic heterocycles. The fourth-order valence-electron chi connectivity index (χ4n) is 2.32. The molecule has 1 aliphatic rings. The third-order valence-electron chi connectivity index (χ3n) is 3.68. The molecular formula is C13H10ClF4NO3. The molecule has 1 amide bonds. The summed E-state index contributed by atoms with van der Waals surface area (Å²) in [7, 11) is 0. The molecule has 0 saturated carbocycles. The molecule has 0 spiro atoms. The number of rotatable bonds is 2. The smallest absolute Gasteiger partial charge is 0.406 e. The van der Waals surface area contributed by atoms with Crippen LogP contribution in [0.3, 0.4) is 0 Å². The molecule has 1 aromatic carbocycles. The molecule has 4 nitrogen and oxygen atoms in total. The highest BCUT2D eigenvalue weighted by Crippen LogP contribution is 2.46. The maximum absolute atomic E-state index is 13.3. The van der Waals surface area contributed by atoms with E-state index in [1.165, 1.54) is 6.07 Å². The SMILES string of the molecule is O=C(c1ccc(Cl)c(F)c1)N1CCC(C(=O)O)(C(F)(F)F)C1. The lowest BCUT2D eigenvalue weighted by atomic mass is 9.86. The van der Waals surface area contributed by atoms with Gasteiger partial charge in [-0.3, -0.25) is 9.59 Å². The van der Waals surface area contributed by atoms with Crippen molar-refractivity contribution in [3.05, 3.63) is 34.6 Å². The van der Waals surface area contributed by atoms with Crippen LogP contribution in [0.5, 0.6) is 0 Å². The van der Waals surface area contributed by atoms with E-state index in [1.54, 1.807) is 0 Å². The molecule has 2 rings (SSSR count). The van der Waals surface area contributed by atoms with Crippen LogP contribution in [0.4, 0.5) is 17.6 Å². The fraction of sp³-hybridized carbons (Fsp3) is 0.385. The molecule has 120 valence electrons. The van der Waals surface area contributed by atoms with Gasteiger partial charge in [0.15, 0.2) is 5.41 Å². The molecule has 0 bridgehead atoms. The van der Waals surface area contributed by atoms with E-state index >= 15 is 0 Å². The van der Waals surface area contributed by atoms with Gasteiger partial charge in [0, 0.05) is 18.7 Å². The van der Waals surface area contributed by atoms with Gasteiger partial charge in [0.05, 0.1) is 5.02 Å². The van der Waals surface area contributed by atoms with Crippen LogP contribution in [0, 0.1) is 11.2 Å². The number of nitrogens with zero attached hydrogens (tertiary/aromatic N) is 1. The quantitative estimate of drug-likeness (QED) is 0.843. The number of amides is 1. The van der Waals surface area contributed by atoms with Gasteiger partial charge in [-0.2, -0.15) is 13.2 Å². The number of carbonyl (C=O) groups is 2. The summed E-state index contributed by atoms with van der Waals surface area (Å²) < 4.78 is 52.4. The van der Waals surface area contributed by atoms with E-state index in [1.807, 2.05) is 0 Å². The van der Waals surface area contributed by atoms with Crippen molar-refractivity contribution >= 4 is 23.5 Å². The summed E-state index contributed by atoms with van der Waals surface area (Å²) in [5, 5.41) is 8.69. The molecule has 1 aliphatic heterocycles. The second-order valence-corrected chi connectivity index (χ2v) is 5.40. The van der Waals surface area contributed by atoms with E-state index < -0.39 is 42.3 Å². The number of hydrogen-bond acceptors (Lipinski definition) is 2. The Morgan fingerprint density at radius 3 is 2.41 bits per heavy atom. The predicted octanol–water partition coefficient (Wildman–Crippen LogP) is 2.96. The van der Waals surface area contributed by atoms with E-state index in [2.05, 4.69) is 0 Å². The number of carbonyl (C=O) groups excluding carboxylic acids is 1. The van der Waals surface area contributed by atoms with Crippen molar-refractivity contribution in [2.45, 2.75) is 12.6 Å². The molecule has 1 saturated heterocycles. The summed E-state index contributed by atoms with van der Waals surface area (Å²) in [6.45, 7) is -1.39. The first-order valence-electron chi connectivity index (χ1n) is 6.13. The van der Waals surface area contributed by atoms with Gasteiger partial charge in [-0.15, -0.1) is 0 Å². The number of likely N-dealkylation sites (tertiary alicyclic amines) is 1. The third-order valence-corrected chi connectivity index (χ3v) is 3.98. The molecule has 1 heterocycles. The Labute approximate surface area is 127 Å². The minimum absolute atomic E-state index is 0.190. The van der Waals surface area contributed by atoms with Crippen molar-refractivity contribution in [3.8, 4) is 0 Å². The van der Waals surface area contributed by atoms with E-state index in [0.717, 1.165) is 17.0 Å². The fourth-order valence-corrected chi connectivity index (χ4v) is 2.44. The average Bonchev–Trinajstić information content (AvgIpc) is 2.87. The second-order valence-electron chi connectivity index (χ2n) is 4.99. The number of carboxylic acids is 1. The average molecular weight is 340 g/mol. The summed E-state index contributed by atoms with van der Waals surface area (Å²) in [6.07, 6.45) is -5.73. The van der Waals surface area contributed by atoms with Crippen LogP contribution < -0.4 is 0 Å². The molecule has 9 heteroatoms. The Bertz CT molecular complexity index is 634. The number of aliphatic carboxylic acids is 1. The van der Waals surface area contributed by atoms with Crippen LogP contribution in [0.25, 0.3) is 0 Å². The Hall–Kier alpha value is -1.83. The first-order valence-corrected chi connectivity index (χ1v) is 6.51. The Morgan fingerprint density at radius 2 is 1.95 bits per heavy atom. The summed E-state index contributed by atoms with van der Waals surface area (Å²) in [6, 6.07) is 3.08. The van der Waals surface area contributed by atoms with Gasteiger partial charge in [0.25, 0.3) is 5.91 Å². The lowest BCUT2D eigenvalue weighted by molar-refractivity contribution is -0.227. The molecule has 1 N–H and O–H groups in total. The highest BCUT2D eigenvalue weighted by atomic mass is 35.5. The Morgan fingerprint density at radius 1 is 1.32 bits per heavy atom. The van der Waals surface area contributed by atoms with E-state index in [-0.39, 0.29) is 17.1 Å². The normalized spacial score (nSPS) is 22.0. The molecule has 1 fully saturated rings. The maximum Gasteiger partial charge on any atom is 0.406 e. The lowest BCUT2D eigenvalue weighted by Gasteiger charge is -2.27. The van der Waals surface area contributed by atoms with Crippen LogP contribution in [-0.2, 0) is 4.79 Å². The van der Waals surface area contributed by atoms with E-state index in [4.69, 9.17) is 16.7 Å². The monoisotopic (exact) mass is 339 g/mol. The van der Waals surface area contributed by atoms with Crippen molar-refractivity contribution in [3.63, 3.8) is 0 Å². The van der Waals surface area contributed by atoms with E-state index in [9.17, 15) is 27.2 Å². The van der Waals surface area contributed by atoms with Gasteiger partial charge in [-0.1, -0.05) is 11.6 Å². The lowest BCUT2D eigenvalue weighted by Crippen LogP contribution is -2.47. The Kier molecular flexibility index (Phi) is 4.08. The highest BCUT2D eigenvalue weighted by molar-refractivity contribution is 6.30. The number of carboxylic acid groups (broad SMARTS) is 1. The largest absolute Gasteiger partial charge is 0.481 e. The standard InChI is InChI=1S/C13H10ClF4NO3/c14-8-2-1-7(5-9(8)15)10(20)19-4-3-12(6-19,11(21)22)13(16,17)18/h1-2,5H,3-4,6H2,(H,21,22). The number of benzene rings is 1. The second kappa shape index (κ2) is 5.42. The van der Waals surface area contributed by atoms with Crippen LogP contribution in [-0.4, -0.2) is 41.1 Å². The molecule has 1 aromatic rings. The first kappa shape index (κ1) is 16.5. The first-order chi connectivity index (χ1) is 10.1. The van der Waals surface area contributed by atoms with Crippen molar-refractivity contribution < 1.29 is 32.3 Å². The molecule has 0 radical (unpaired) electrons. The van der Waals surface area contributed by atoms with Crippen molar-refractivity contribution in [2.75, 3.05) is 13.1 Å². The predicted molar refractivity (Wildman–Crippen MR) is 68.1 cm³/mol. The van der Waals surface area contributed by atoms with Crippen molar-refractivity contribution in [1.29, 1.82) is 0 Å². The van der Waals surface area contributed by atoms with Crippen LogP contribution in [0.1, 0.15) is 16.8 Å². The highest BCUT2D eigenvalue weighted by Gasteiger charge is 2.64. The van der Waals surface area contributed by atoms with Gasteiger partial charge < -0.3 is 10.0 Å². The minimum atomic E-state index is -4.99. The summed E-state index contributed by atoms with van der Waals surface area (Å²) in [5.74, 6) is -3.78. The Balaban J connectivity index is 2.27. The van der Waals surface area contributed by atoms with Gasteiger partial charge in [-0.05, 0) is 24.6 Å². The topological polar surface area (TPSA) is 57.6 Å². The van der Waals surface area contributed by atoms with Crippen LogP contribution in [0.15, 0.2) is 18.2 Å². The molecule has 1 unspecified atom stereocenters. The number of hydrogen-bond donors (Lipinski definition) is 1. The maximum atomic E-state index is 13.3. The van der Waals surface area contributed by atoms with Crippen LogP contribution >= 0.6 is 11.6 Å². The molecule has 1 atom stereocenters. The molecule has 22 heavy (non-hydrogen) atoms. The molecule has 0 aliphatic carbocycles. The van der Waals surface area contributed by atoms with Gasteiger partial charge in [-0.25, -0.2) is 4.39 Å². The number of halogens is 5. The minimum Gasteiger partial charge on any atom is -0.481 e. The summed E-state index contributed by atoms with van der Waals surface area (Å²) >= 11 is 5.47. The zero-order chi connectivity index (χ0) is 16.7. The van der Waals surface area contributed by atoms with E-state index in [0.29, 0.717) is 0 Å². The van der Waals surface area contributed by atoms with Gasteiger partial charge >= 0.3 is 12.1 Å². The van der Waals surface area contributed by atoms with Crippen molar-refractivity contribution in [1.82, 2.24) is 4.90 Å². The van der Waals surface area contributed by atoms with Gasteiger partial charge in [0.2, 0.25) is 0 Å².